The fraction of sp³-hybridized carbons (Fsp3) is 0.429. The normalized spacial score (nSPS) is 16.0. The number of fused-ring (bicyclic) bond motifs is 1. The lowest BCUT2D eigenvalue weighted by molar-refractivity contribution is -0.140. The second-order valence-corrected chi connectivity index (χ2v) is 6.43. The molecule has 0 aromatic carbocycles. The first-order valence-electron chi connectivity index (χ1n) is 7.63. The number of aryl methyl sites for hydroxylation is 1. The molecule has 0 unspecified atom stereocenters. The molecular formula is C14H14F3N7S. The van der Waals surface area contributed by atoms with Crippen LogP contribution in [-0.4, -0.2) is 49.9 Å². The van der Waals surface area contributed by atoms with Gasteiger partial charge in [-0.3, -0.25) is 0 Å². The van der Waals surface area contributed by atoms with Crippen molar-refractivity contribution in [3.63, 3.8) is 0 Å². The summed E-state index contributed by atoms with van der Waals surface area (Å²) >= 11 is 1.35. The van der Waals surface area contributed by atoms with Crippen molar-refractivity contribution >= 4 is 28.1 Å². The molecule has 0 radical (unpaired) electrons. The van der Waals surface area contributed by atoms with E-state index in [0.29, 0.717) is 32.0 Å². The summed E-state index contributed by atoms with van der Waals surface area (Å²) in [4.78, 5) is 16.4. The first-order chi connectivity index (χ1) is 11.9. The van der Waals surface area contributed by atoms with Crippen molar-refractivity contribution in [1.82, 2.24) is 23.7 Å². The number of nitrogens with zero attached hydrogens (tertiary/aromatic N) is 7. The molecule has 1 aliphatic heterocycles. The molecule has 25 heavy (non-hydrogen) atoms. The number of aromatic nitrogens is 5. The predicted octanol–water partition coefficient (Wildman–Crippen LogP) is 2.23. The van der Waals surface area contributed by atoms with E-state index >= 15 is 0 Å². The third-order valence-corrected chi connectivity index (χ3v) is 4.88. The fourth-order valence-corrected chi connectivity index (χ4v) is 3.52. The molecule has 0 saturated carbocycles. The zero-order valence-electron chi connectivity index (χ0n) is 13.2. The van der Waals surface area contributed by atoms with E-state index in [0.717, 1.165) is 17.2 Å². The van der Waals surface area contributed by atoms with Crippen molar-refractivity contribution in [2.75, 3.05) is 36.0 Å². The Morgan fingerprint density at radius 1 is 1.08 bits per heavy atom. The van der Waals surface area contributed by atoms with Crippen LogP contribution in [0, 0.1) is 6.92 Å². The van der Waals surface area contributed by atoms with Crippen LogP contribution in [0.2, 0.25) is 0 Å². The van der Waals surface area contributed by atoms with E-state index in [1.54, 1.807) is 0 Å². The number of halogens is 3. The molecule has 132 valence electrons. The summed E-state index contributed by atoms with van der Waals surface area (Å²) < 4.78 is 44.3. The summed E-state index contributed by atoms with van der Waals surface area (Å²) in [5, 5.41) is 0.864. The molecule has 4 rings (SSSR count). The van der Waals surface area contributed by atoms with E-state index in [1.807, 2.05) is 11.8 Å². The average molecular weight is 369 g/mol. The van der Waals surface area contributed by atoms with E-state index in [-0.39, 0.29) is 5.65 Å². The smallest absolute Gasteiger partial charge is 0.350 e. The molecule has 3 aromatic heterocycles. The lowest BCUT2D eigenvalue weighted by Gasteiger charge is -2.34. The molecule has 1 fully saturated rings. The molecular weight excluding hydrogens is 355 g/mol. The highest BCUT2D eigenvalue weighted by atomic mass is 32.1. The van der Waals surface area contributed by atoms with Crippen LogP contribution in [0.15, 0.2) is 18.6 Å². The first kappa shape index (κ1) is 16.1. The molecule has 1 aliphatic rings. The molecule has 0 aliphatic carbocycles. The molecule has 0 atom stereocenters. The third-order valence-electron chi connectivity index (χ3n) is 4.01. The van der Waals surface area contributed by atoms with Crippen LogP contribution in [0.1, 0.15) is 11.5 Å². The van der Waals surface area contributed by atoms with Crippen LogP contribution in [0.4, 0.5) is 24.1 Å². The van der Waals surface area contributed by atoms with Gasteiger partial charge in [0.05, 0.1) is 0 Å². The maximum atomic E-state index is 12.9. The van der Waals surface area contributed by atoms with Crippen molar-refractivity contribution in [1.29, 1.82) is 0 Å². The SMILES string of the molecule is Cc1nsc(N2CCN(c3nccn4cc(C(F)(F)F)nc34)CC2)n1. The van der Waals surface area contributed by atoms with Gasteiger partial charge in [-0.15, -0.1) is 0 Å². The number of hydrogen-bond acceptors (Lipinski definition) is 7. The van der Waals surface area contributed by atoms with Crippen LogP contribution in [-0.2, 0) is 6.18 Å². The Balaban J connectivity index is 1.57. The van der Waals surface area contributed by atoms with Gasteiger partial charge in [-0.25, -0.2) is 15.0 Å². The van der Waals surface area contributed by atoms with Crippen LogP contribution in [0.25, 0.3) is 5.65 Å². The standard InChI is InChI=1S/C14H14F3N7S/c1-9-19-13(25-21-9)23-6-4-22(5-7-23)11-12-20-10(14(15,16)17)8-24(12)3-2-18-11/h2-3,8H,4-7H2,1H3. The van der Waals surface area contributed by atoms with Gasteiger partial charge in [0.2, 0.25) is 5.13 Å². The van der Waals surface area contributed by atoms with Gasteiger partial charge in [-0.2, -0.15) is 17.5 Å². The van der Waals surface area contributed by atoms with Gasteiger partial charge in [-0.1, -0.05) is 0 Å². The fourth-order valence-electron chi connectivity index (χ4n) is 2.79. The van der Waals surface area contributed by atoms with Crippen molar-refractivity contribution in [3.8, 4) is 0 Å². The zero-order valence-corrected chi connectivity index (χ0v) is 14.0. The average Bonchev–Trinajstić information content (AvgIpc) is 3.20. The molecule has 3 aromatic rings. The van der Waals surface area contributed by atoms with Crippen molar-refractivity contribution in [2.24, 2.45) is 0 Å². The van der Waals surface area contributed by atoms with Gasteiger partial charge in [0.25, 0.3) is 0 Å². The number of imidazole rings is 1. The quantitative estimate of drug-likeness (QED) is 0.690. The van der Waals surface area contributed by atoms with Gasteiger partial charge in [0, 0.05) is 56.3 Å². The largest absolute Gasteiger partial charge is 0.434 e. The highest BCUT2D eigenvalue weighted by molar-refractivity contribution is 7.09. The molecule has 4 heterocycles. The summed E-state index contributed by atoms with van der Waals surface area (Å²) in [5.41, 5.74) is -0.695. The summed E-state index contributed by atoms with van der Waals surface area (Å²) in [5.74, 6) is 1.21. The van der Waals surface area contributed by atoms with Gasteiger partial charge in [0.15, 0.2) is 17.2 Å². The van der Waals surface area contributed by atoms with Crippen LogP contribution < -0.4 is 9.80 Å². The Labute approximate surface area is 144 Å². The Morgan fingerprint density at radius 3 is 2.44 bits per heavy atom. The van der Waals surface area contributed by atoms with Gasteiger partial charge in [0.1, 0.15) is 5.82 Å². The van der Waals surface area contributed by atoms with E-state index < -0.39 is 11.9 Å². The van der Waals surface area contributed by atoms with E-state index in [1.165, 1.54) is 28.3 Å². The van der Waals surface area contributed by atoms with Gasteiger partial charge >= 0.3 is 6.18 Å². The molecule has 1 saturated heterocycles. The summed E-state index contributed by atoms with van der Waals surface area (Å²) in [6, 6.07) is 0. The topological polar surface area (TPSA) is 62.5 Å². The van der Waals surface area contributed by atoms with E-state index in [9.17, 15) is 13.2 Å². The minimum Gasteiger partial charge on any atom is -0.350 e. The van der Waals surface area contributed by atoms with E-state index in [4.69, 9.17) is 0 Å². The predicted molar refractivity (Wildman–Crippen MR) is 87.1 cm³/mol. The van der Waals surface area contributed by atoms with Crippen LogP contribution in [0.3, 0.4) is 0 Å². The van der Waals surface area contributed by atoms with Crippen LogP contribution >= 0.6 is 11.5 Å². The first-order valence-corrected chi connectivity index (χ1v) is 8.40. The maximum Gasteiger partial charge on any atom is 0.434 e. The Morgan fingerprint density at radius 2 is 1.80 bits per heavy atom. The number of anilines is 2. The molecule has 0 N–H and O–H groups in total. The number of piperazine rings is 1. The van der Waals surface area contributed by atoms with Crippen molar-refractivity contribution in [3.05, 3.63) is 30.1 Å². The monoisotopic (exact) mass is 369 g/mol. The van der Waals surface area contributed by atoms with Crippen molar-refractivity contribution < 1.29 is 13.2 Å². The van der Waals surface area contributed by atoms with Gasteiger partial charge < -0.3 is 14.2 Å². The second-order valence-electron chi connectivity index (χ2n) is 5.70. The van der Waals surface area contributed by atoms with Crippen LogP contribution in [0.5, 0.6) is 0 Å². The molecule has 0 spiro atoms. The number of rotatable bonds is 2. The zero-order chi connectivity index (χ0) is 17.6. The summed E-state index contributed by atoms with van der Waals surface area (Å²) in [6.07, 6.45) is -0.523. The molecule has 7 nitrogen and oxygen atoms in total. The highest BCUT2D eigenvalue weighted by Crippen LogP contribution is 2.30. The summed E-state index contributed by atoms with van der Waals surface area (Å²) in [7, 11) is 0. The Bertz CT molecular complexity index is 895. The van der Waals surface area contributed by atoms with Crippen molar-refractivity contribution in [2.45, 2.75) is 13.1 Å². The summed E-state index contributed by atoms with van der Waals surface area (Å²) in [6.45, 7) is 4.49. The highest BCUT2D eigenvalue weighted by Gasteiger charge is 2.34. The maximum absolute atomic E-state index is 12.9. The number of hydrogen-bond donors (Lipinski definition) is 0. The molecule has 11 heteroatoms. The lowest BCUT2D eigenvalue weighted by atomic mass is 10.3. The minimum absolute atomic E-state index is 0.218. The Kier molecular flexibility index (Phi) is 3.74. The number of alkyl halides is 3. The minimum atomic E-state index is -4.47. The second kappa shape index (κ2) is 5.83. The van der Waals surface area contributed by atoms with E-state index in [2.05, 4.69) is 24.2 Å². The molecule has 0 amide bonds. The van der Waals surface area contributed by atoms with Gasteiger partial charge in [-0.05, 0) is 6.92 Å². The third kappa shape index (κ3) is 2.99. The Hall–Kier alpha value is -2.43. The molecule has 0 bridgehead atoms. The lowest BCUT2D eigenvalue weighted by Crippen LogP contribution is -2.47.